The Morgan fingerprint density at radius 3 is 2.66 bits per heavy atom. The van der Waals surface area contributed by atoms with Gasteiger partial charge in [0, 0.05) is 13.1 Å². The van der Waals surface area contributed by atoms with Gasteiger partial charge in [0.25, 0.3) is 11.5 Å². The van der Waals surface area contributed by atoms with E-state index in [1.165, 1.54) is 28.9 Å². The quantitative estimate of drug-likeness (QED) is 0.546. The Morgan fingerprint density at radius 2 is 1.94 bits per heavy atom. The monoisotopic (exact) mass is 450 g/mol. The van der Waals surface area contributed by atoms with E-state index >= 15 is 0 Å². The molecule has 8 nitrogen and oxygen atoms in total. The molecule has 0 spiro atoms. The first kappa shape index (κ1) is 20.5. The first-order valence-corrected chi connectivity index (χ1v) is 10.9. The summed E-state index contributed by atoms with van der Waals surface area (Å²) in [6, 6.07) is 11.2. The Morgan fingerprint density at radius 1 is 1.16 bits per heavy atom. The summed E-state index contributed by atoms with van der Waals surface area (Å²) in [6.07, 6.45) is 4.95. The van der Waals surface area contributed by atoms with Crippen molar-refractivity contribution in [1.29, 1.82) is 0 Å². The first-order chi connectivity index (χ1) is 15.4. The van der Waals surface area contributed by atoms with Crippen molar-refractivity contribution in [3.8, 4) is 0 Å². The molecule has 2 aliphatic rings. The fraction of sp³-hybridized carbons (Fsp3) is 0.304. The number of fused-ring (bicyclic) bond motifs is 1. The van der Waals surface area contributed by atoms with Crippen LogP contribution < -0.4 is 21.5 Å². The van der Waals surface area contributed by atoms with Crippen LogP contribution in [0.15, 0.2) is 47.5 Å². The first-order valence-electron chi connectivity index (χ1n) is 10.6. The summed E-state index contributed by atoms with van der Waals surface area (Å²) in [5.74, 6) is 1.19. The molecule has 1 aliphatic carbocycles. The lowest BCUT2D eigenvalue weighted by atomic mass is 9.79. The van der Waals surface area contributed by atoms with Gasteiger partial charge in [-0.2, -0.15) is 0 Å². The molecule has 164 valence electrons. The second kappa shape index (κ2) is 7.63. The minimum Gasteiger partial charge on any atom is -0.373 e. The highest BCUT2D eigenvalue weighted by Crippen LogP contribution is 2.39. The zero-order valence-electron chi connectivity index (χ0n) is 17.8. The van der Waals surface area contributed by atoms with E-state index in [1.807, 2.05) is 19.1 Å². The lowest BCUT2D eigenvalue weighted by molar-refractivity contribution is 0.0941. The van der Waals surface area contributed by atoms with E-state index in [4.69, 9.17) is 11.6 Å². The molecule has 0 bridgehead atoms. The molecular formula is C23H23ClN6O2. The van der Waals surface area contributed by atoms with E-state index in [9.17, 15) is 9.59 Å². The molecule has 32 heavy (non-hydrogen) atoms. The second-order valence-electron chi connectivity index (χ2n) is 8.34. The average Bonchev–Trinajstić information content (AvgIpc) is 3.03. The van der Waals surface area contributed by atoms with Crippen molar-refractivity contribution < 1.29 is 4.79 Å². The molecule has 3 N–H and O–H groups in total. The third-order valence-corrected chi connectivity index (χ3v) is 6.67. The molecule has 2 aromatic heterocycles. The number of carbonyl (C=O) groups is 1. The molecule has 0 radical (unpaired) electrons. The normalized spacial score (nSPS) is 19.8. The third kappa shape index (κ3) is 3.22. The van der Waals surface area contributed by atoms with E-state index in [2.05, 4.69) is 38.1 Å². The summed E-state index contributed by atoms with van der Waals surface area (Å²) in [7, 11) is 1.74. The van der Waals surface area contributed by atoms with Crippen LogP contribution in [0.25, 0.3) is 0 Å². The van der Waals surface area contributed by atoms with Crippen LogP contribution in [0, 0.1) is 0 Å². The van der Waals surface area contributed by atoms with Crippen LogP contribution in [0.5, 0.6) is 0 Å². The molecule has 1 atom stereocenters. The maximum Gasteiger partial charge on any atom is 0.277 e. The maximum atomic E-state index is 13.6. The van der Waals surface area contributed by atoms with E-state index < -0.39 is 5.66 Å². The number of benzene rings is 1. The van der Waals surface area contributed by atoms with Crippen LogP contribution in [0.3, 0.4) is 0 Å². The minimum absolute atomic E-state index is 0.150. The molecule has 0 saturated heterocycles. The van der Waals surface area contributed by atoms with Gasteiger partial charge >= 0.3 is 0 Å². The number of anilines is 3. The van der Waals surface area contributed by atoms with Crippen molar-refractivity contribution in [3.05, 3.63) is 74.9 Å². The molecule has 1 amide bonds. The fourth-order valence-electron chi connectivity index (χ4n) is 4.39. The number of nitrogens with zero attached hydrogens (tertiary/aromatic N) is 3. The molecule has 3 aromatic rings. The molecular weight excluding hydrogens is 428 g/mol. The van der Waals surface area contributed by atoms with Crippen molar-refractivity contribution in [1.82, 2.24) is 19.9 Å². The fourth-order valence-corrected chi connectivity index (χ4v) is 4.67. The second-order valence-corrected chi connectivity index (χ2v) is 8.75. The van der Waals surface area contributed by atoms with Gasteiger partial charge in [-0.15, -0.1) is 0 Å². The number of hydrogen-bond donors (Lipinski definition) is 3. The minimum atomic E-state index is -1.06. The van der Waals surface area contributed by atoms with Crippen LogP contribution in [0.1, 0.15) is 53.7 Å². The number of nitrogens with one attached hydrogen (secondary N) is 3. The van der Waals surface area contributed by atoms with Crippen LogP contribution in [0.4, 0.5) is 17.3 Å². The van der Waals surface area contributed by atoms with Gasteiger partial charge in [0.05, 0.1) is 5.02 Å². The van der Waals surface area contributed by atoms with Crippen molar-refractivity contribution in [3.63, 3.8) is 0 Å². The van der Waals surface area contributed by atoms with Gasteiger partial charge < -0.3 is 16.0 Å². The van der Waals surface area contributed by atoms with Crippen molar-refractivity contribution in [2.45, 2.75) is 37.8 Å². The molecule has 1 fully saturated rings. The third-order valence-electron chi connectivity index (χ3n) is 6.38. The van der Waals surface area contributed by atoms with Gasteiger partial charge in [0.1, 0.15) is 35.0 Å². The van der Waals surface area contributed by atoms with Gasteiger partial charge in [-0.05, 0) is 42.9 Å². The summed E-state index contributed by atoms with van der Waals surface area (Å²) in [6.45, 7) is 1.83. The number of aromatic nitrogens is 3. The number of halogens is 1. The van der Waals surface area contributed by atoms with Crippen molar-refractivity contribution >= 4 is 34.8 Å². The van der Waals surface area contributed by atoms with Crippen LogP contribution in [-0.2, 0) is 5.66 Å². The molecule has 9 heteroatoms. The van der Waals surface area contributed by atoms with E-state index in [1.54, 1.807) is 13.1 Å². The zero-order chi connectivity index (χ0) is 22.5. The Labute approximate surface area is 190 Å². The van der Waals surface area contributed by atoms with E-state index in [-0.39, 0.29) is 27.9 Å². The van der Waals surface area contributed by atoms with Gasteiger partial charge in [-0.3, -0.25) is 14.2 Å². The lowest BCUT2D eigenvalue weighted by Crippen LogP contribution is -2.46. The highest BCUT2D eigenvalue weighted by atomic mass is 35.5. The number of carbonyl (C=O) groups excluding carboxylic acids is 1. The summed E-state index contributed by atoms with van der Waals surface area (Å²) in [4.78, 5) is 34.7. The smallest absolute Gasteiger partial charge is 0.277 e. The van der Waals surface area contributed by atoms with E-state index in [0.717, 1.165) is 18.4 Å². The average molecular weight is 451 g/mol. The largest absolute Gasteiger partial charge is 0.373 e. The number of rotatable bonds is 5. The molecule has 1 saturated carbocycles. The summed E-state index contributed by atoms with van der Waals surface area (Å²) in [5.41, 5.74) is 1.00. The Bertz CT molecular complexity index is 1290. The van der Waals surface area contributed by atoms with Crippen molar-refractivity contribution in [2.75, 3.05) is 17.7 Å². The lowest BCUT2D eigenvalue weighted by Gasteiger charge is -2.31. The molecule has 3 heterocycles. The van der Waals surface area contributed by atoms with Gasteiger partial charge in [0.15, 0.2) is 0 Å². The molecule has 1 aromatic carbocycles. The van der Waals surface area contributed by atoms with Crippen LogP contribution in [-0.4, -0.2) is 27.5 Å². The predicted molar refractivity (Wildman–Crippen MR) is 124 cm³/mol. The molecule has 1 aliphatic heterocycles. The standard InChI is InChI=1S/C23H23ClN6O2/c1-23(15-8-4-7-14(9-15)13-5-3-6-13)29-21(31)20-16(24)10-17(22(32)30(20)23)28-19-11-18(25-2)26-12-27-19/h4,7-13H,3,5-6H2,1-2H3,(H,29,31)(H2,25,26,27,28). The Hall–Kier alpha value is -3.39. The van der Waals surface area contributed by atoms with Gasteiger partial charge in [0.2, 0.25) is 0 Å². The van der Waals surface area contributed by atoms with Gasteiger partial charge in [-0.1, -0.05) is 42.3 Å². The number of hydrogen-bond acceptors (Lipinski definition) is 6. The number of amides is 1. The van der Waals surface area contributed by atoms with Gasteiger partial charge in [-0.25, -0.2) is 9.97 Å². The highest BCUT2D eigenvalue weighted by Gasteiger charge is 2.43. The topological polar surface area (TPSA) is 101 Å². The predicted octanol–water partition coefficient (Wildman–Crippen LogP) is 3.81. The van der Waals surface area contributed by atoms with Crippen LogP contribution in [0.2, 0.25) is 5.02 Å². The van der Waals surface area contributed by atoms with E-state index in [0.29, 0.717) is 17.6 Å². The molecule has 1 unspecified atom stereocenters. The Kier molecular flexibility index (Phi) is 4.89. The van der Waals surface area contributed by atoms with Crippen LogP contribution >= 0.6 is 11.6 Å². The summed E-state index contributed by atoms with van der Waals surface area (Å²) < 4.78 is 1.44. The number of pyridine rings is 1. The summed E-state index contributed by atoms with van der Waals surface area (Å²) in [5, 5.41) is 9.12. The SMILES string of the molecule is CNc1cc(Nc2cc(Cl)c3n(c2=O)C(C)(c2cccc(C4CCC4)c2)NC3=O)ncn1. The maximum absolute atomic E-state index is 13.6. The Balaban J connectivity index is 1.62. The summed E-state index contributed by atoms with van der Waals surface area (Å²) >= 11 is 6.49. The zero-order valence-corrected chi connectivity index (χ0v) is 18.5. The molecule has 5 rings (SSSR count). The van der Waals surface area contributed by atoms with Crippen molar-refractivity contribution in [2.24, 2.45) is 0 Å². The highest BCUT2D eigenvalue weighted by molar-refractivity contribution is 6.34.